The molecule has 0 aliphatic rings. The molecule has 1 aromatic heterocycles. The van der Waals surface area contributed by atoms with Crippen LogP contribution in [0.25, 0.3) is 21.9 Å². The summed E-state index contributed by atoms with van der Waals surface area (Å²) in [5.41, 5.74) is 0.413. The number of fused-ring (bicyclic) bond motifs is 2. The molecule has 0 amide bonds. The summed E-state index contributed by atoms with van der Waals surface area (Å²) in [6.45, 7) is 3.63. The van der Waals surface area contributed by atoms with E-state index < -0.39 is 21.2 Å². The molecule has 0 saturated carbocycles. The zero-order valence-corrected chi connectivity index (χ0v) is 15.2. The Morgan fingerprint density at radius 3 is 2.46 bits per heavy atom. The van der Waals surface area contributed by atoms with Gasteiger partial charge in [0, 0.05) is 0 Å². The molecule has 1 N–H and O–H groups in total. The fourth-order valence-electron chi connectivity index (χ4n) is 2.93. The second-order valence-electron chi connectivity index (χ2n) is 6.09. The summed E-state index contributed by atoms with van der Waals surface area (Å²) in [4.78, 5) is 24.1. The van der Waals surface area contributed by atoms with Gasteiger partial charge in [-0.25, -0.2) is 13.2 Å². The Balaban J connectivity index is 2.48. The first-order valence-corrected chi connectivity index (χ1v) is 9.93. The molecule has 0 unspecified atom stereocenters. The summed E-state index contributed by atoms with van der Waals surface area (Å²) in [6.07, 6.45) is 0.997. The average Bonchev–Trinajstić information content (AvgIpc) is 2.60. The zero-order chi connectivity index (χ0) is 19.1. The van der Waals surface area contributed by atoms with Crippen LogP contribution in [0.5, 0.6) is 0 Å². The normalized spacial score (nSPS) is 11.9. The van der Waals surface area contributed by atoms with Crippen molar-refractivity contribution in [1.82, 2.24) is 0 Å². The van der Waals surface area contributed by atoms with Crippen molar-refractivity contribution in [2.24, 2.45) is 0 Å². The van der Waals surface area contributed by atoms with E-state index in [9.17, 15) is 18.0 Å². The molecule has 0 aliphatic heterocycles. The molecular weight excluding hydrogens is 356 g/mol. The van der Waals surface area contributed by atoms with Crippen molar-refractivity contribution < 1.29 is 22.7 Å². The SMILES string of the molecule is CCCS(=O)(=O)c1cc(CC)cc2c(=O)c3cc(C(=O)O)ccc3oc12. The maximum Gasteiger partial charge on any atom is 0.335 e. The van der Waals surface area contributed by atoms with Gasteiger partial charge in [0.2, 0.25) is 5.43 Å². The summed E-state index contributed by atoms with van der Waals surface area (Å²) in [6, 6.07) is 7.11. The van der Waals surface area contributed by atoms with E-state index in [1.54, 1.807) is 19.1 Å². The van der Waals surface area contributed by atoms with Gasteiger partial charge in [0.1, 0.15) is 10.5 Å². The van der Waals surface area contributed by atoms with E-state index >= 15 is 0 Å². The third-order valence-electron chi connectivity index (χ3n) is 4.26. The predicted molar refractivity (Wildman–Crippen MR) is 98.7 cm³/mol. The first-order chi connectivity index (χ1) is 12.3. The molecule has 136 valence electrons. The van der Waals surface area contributed by atoms with Gasteiger partial charge in [-0.1, -0.05) is 13.8 Å². The molecular formula is C19H18O6S. The average molecular weight is 374 g/mol. The minimum Gasteiger partial charge on any atom is -0.478 e. The third kappa shape index (κ3) is 2.99. The second-order valence-corrected chi connectivity index (χ2v) is 8.17. The Kier molecular flexibility index (Phi) is 4.58. The number of hydrogen-bond donors (Lipinski definition) is 1. The topological polar surface area (TPSA) is 102 Å². The highest BCUT2D eigenvalue weighted by Crippen LogP contribution is 2.28. The Bertz CT molecular complexity index is 1190. The van der Waals surface area contributed by atoms with Crippen molar-refractivity contribution in [1.29, 1.82) is 0 Å². The molecule has 6 nitrogen and oxygen atoms in total. The summed E-state index contributed by atoms with van der Waals surface area (Å²) < 4.78 is 31.1. The molecule has 2 aromatic carbocycles. The number of carboxylic acid groups (broad SMARTS) is 1. The maximum absolute atomic E-state index is 12.9. The Morgan fingerprint density at radius 2 is 1.85 bits per heavy atom. The lowest BCUT2D eigenvalue weighted by atomic mass is 10.1. The number of carboxylic acids is 1. The van der Waals surface area contributed by atoms with Crippen LogP contribution in [-0.2, 0) is 16.3 Å². The maximum atomic E-state index is 12.9. The van der Waals surface area contributed by atoms with Gasteiger partial charge in [0.15, 0.2) is 15.4 Å². The molecule has 0 saturated heterocycles. The molecule has 0 bridgehead atoms. The molecule has 3 aromatic rings. The van der Waals surface area contributed by atoms with E-state index in [1.165, 1.54) is 18.2 Å². The number of hydrogen-bond acceptors (Lipinski definition) is 5. The molecule has 26 heavy (non-hydrogen) atoms. The number of aryl methyl sites for hydroxylation is 1. The zero-order valence-electron chi connectivity index (χ0n) is 14.4. The lowest BCUT2D eigenvalue weighted by Crippen LogP contribution is -2.11. The van der Waals surface area contributed by atoms with Crippen LogP contribution in [0.4, 0.5) is 0 Å². The summed E-state index contributed by atoms with van der Waals surface area (Å²) in [7, 11) is -3.60. The highest BCUT2D eigenvalue weighted by molar-refractivity contribution is 7.91. The number of aromatic carboxylic acids is 1. The Morgan fingerprint density at radius 1 is 1.12 bits per heavy atom. The minimum absolute atomic E-state index is 0.00927. The van der Waals surface area contributed by atoms with Crippen molar-refractivity contribution in [2.75, 3.05) is 5.75 Å². The van der Waals surface area contributed by atoms with Gasteiger partial charge in [0.25, 0.3) is 0 Å². The number of benzene rings is 2. The van der Waals surface area contributed by atoms with E-state index in [0.717, 1.165) is 0 Å². The van der Waals surface area contributed by atoms with Gasteiger partial charge in [-0.15, -0.1) is 0 Å². The van der Waals surface area contributed by atoms with Crippen LogP contribution in [-0.4, -0.2) is 25.2 Å². The summed E-state index contributed by atoms with van der Waals surface area (Å²) >= 11 is 0. The largest absolute Gasteiger partial charge is 0.478 e. The van der Waals surface area contributed by atoms with Crippen molar-refractivity contribution in [2.45, 2.75) is 31.6 Å². The molecule has 3 rings (SSSR count). The van der Waals surface area contributed by atoms with Crippen molar-refractivity contribution in [3.05, 3.63) is 51.7 Å². The number of rotatable bonds is 5. The van der Waals surface area contributed by atoms with Crippen LogP contribution in [0, 0.1) is 0 Å². The van der Waals surface area contributed by atoms with Crippen molar-refractivity contribution in [3.8, 4) is 0 Å². The third-order valence-corrected chi connectivity index (χ3v) is 6.18. The predicted octanol–water partition coefficient (Wildman–Crippen LogP) is 3.39. The lowest BCUT2D eigenvalue weighted by Gasteiger charge is -2.10. The number of sulfone groups is 1. The minimum atomic E-state index is -3.60. The van der Waals surface area contributed by atoms with Gasteiger partial charge in [-0.2, -0.15) is 0 Å². The number of carbonyl (C=O) groups is 1. The highest BCUT2D eigenvalue weighted by atomic mass is 32.2. The monoisotopic (exact) mass is 374 g/mol. The molecule has 0 spiro atoms. The Hall–Kier alpha value is -2.67. The standard InChI is InChI=1S/C19H18O6S/c1-3-7-26(23,24)16-9-11(4-2)8-14-17(20)13-10-12(19(21)22)5-6-15(13)25-18(14)16/h5-6,8-10H,3-4,7H2,1-2H3,(H,21,22). The van der Waals surface area contributed by atoms with E-state index in [0.29, 0.717) is 18.4 Å². The van der Waals surface area contributed by atoms with Crippen LogP contribution < -0.4 is 5.43 Å². The van der Waals surface area contributed by atoms with Crippen molar-refractivity contribution in [3.63, 3.8) is 0 Å². The fraction of sp³-hybridized carbons (Fsp3) is 0.263. The molecule has 1 heterocycles. The molecule has 0 radical (unpaired) electrons. The van der Waals surface area contributed by atoms with Crippen LogP contribution in [0.1, 0.15) is 36.2 Å². The van der Waals surface area contributed by atoms with E-state index in [1.807, 2.05) is 6.92 Å². The van der Waals surface area contributed by atoms with Gasteiger partial charge in [0.05, 0.1) is 22.1 Å². The fourth-order valence-corrected chi connectivity index (χ4v) is 4.45. The van der Waals surface area contributed by atoms with Crippen LogP contribution >= 0.6 is 0 Å². The van der Waals surface area contributed by atoms with Crippen LogP contribution in [0.2, 0.25) is 0 Å². The molecule has 0 fully saturated rings. The van der Waals surface area contributed by atoms with E-state index in [-0.39, 0.29) is 38.2 Å². The smallest absolute Gasteiger partial charge is 0.335 e. The lowest BCUT2D eigenvalue weighted by molar-refractivity contribution is 0.0697. The molecule has 0 atom stereocenters. The van der Waals surface area contributed by atoms with Gasteiger partial charge in [-0.3, -0.25) is 4.79 Å². The molecule has 0 aliphatic carbocycles. The van der Waals surface area contributed by atoms with Gasteiger partial charge >= 0.3 is 5.97 Å². The molecule has 7 heteroatoms. The van der Waals surface area contributed by atoms with Crippen LogP contribution in [0.15, 0.2) is 44.4 Å². The van der Waals surface area contributed by atoms with Crippen LogP contribution in [0.3, 0.4) is 0 Å². The first kappa shape index (κ1) is 18.1. The van der Waals surface area contributed by atoms with Gasteiger partial charge < -0.3 is 9.52 Å². The first-order valence-electron chi connectivity index (χ1n) is 8.28. The summed E-state index contributed by atoms with van der Waals surface area (Å²) in [5.74, 6) is -1.20. The highest BCUT2D eigenvalue weighted by Gasteiger charge is 2.22. The van der Waals surface area contributed by atoms with E-state index in [4.69, 9.17) is 9.52 Å². The van der Waals surface area contributed by atoms with Crippen molar-refractivity contribution >= 4 is 37.7 Å². The van der Waals surface area contributed by atoms with E-state index in [2.05, 4.69) is 0 Å². The second kappa shape index (κ2) is 6.57. The quantitative estimate of drug-likeness (QED) is 0.687. The van der Waals surface area contributed by atoms with Gasteiger partial charge in [-0.05, 0) is 48.7 Å². The summed E-state index contributed by atoms with van der Waals surface area (Å²) in [5, 5.41) is 9.39. The Labute approximate surface area is 150 Å².